The Morgan fingerprint density at radius 3 is 2.31 bits per heavy atom. The molecule has 0 saturated carbocycles. The number of hydrogen-bond acceptors (Lipinski definition) is 6. The maximum absolute atomic E-state index is 13.3. The van der Waals surface area contributed by atoms with Crippen LogP contribution in [0.4, 0.5) is 5.69 Å². The first-order valence-corrected chi connectivity index (χ1v) is 14.4. The molecule has 0 saturated heterocycles. The number of hydrogen-bond donors (Lipinski definition) is 2. The Balaban J connectivity index is 1.46. The van der Waals surface area contributed by atoms with Gasteiger partial charge in [0.2, 0.25) is 19.9 Å². The smallest absolute Gasteiger partial charge is 0.240 e. The van der Waals surface area contributed by atoms with Gasteiger partial charge in [0.1, 0.15) is 0 Å². The standard InChI is InChI=1S/C26H28N4O4S2/c1-21-8-11-25(18-26(21)36(33,34)29-14-5-16-30-17-15-27-20-30)35(31,32)24-12-9-23(10-13-24)28-19-22-6-3-2-4-7-22/h2-4,6-13,15,17-18,20,28-29H,5,14,16,19H2,1H3. The number of imidazole rings is 1. The number of sulfone groups is 1. The molecule has 10 heteroatoms. The fourth-order valence-corrected chi connectivity index (χ4v) is 6.39. The average Bonchev–Trinajstić information content (AvgIpc) is 3.40. The van der Waals surface area contributed by atoms with Gasteiger partial charge < -0.3 is 9.88 Å². The lowest BCUT2D eigenvalue weighted by Gasteiger charge is -2.12. The molecule has 0 radical (unpaired) electrons. The van der Waals surface area contributed by atoms with Gasteiger partial charge >= 0.3 is 0 Å². The zero-order chi connectivity index (χ0) is 25.6. The number of aromatic nitrogens is 2. The summed E-state index contributed by atoms with van der Waals surface area (Å²) in [5.74, 6) is 0. The molecule has 0 aliphatic rings. The first-order valence-electron chi connectivity index (χ1n) is 11.4. The first-order chi connectivity index (χ1) is 17.3. The highest BCUT2D eigenvalue weighted by Crippen LogP contribution is 2.26. The molecule has 0 aliphatic carbocycles. The summed E-state index contributed by atoms with van der Waals surface area (Å²) < 4.78 is 56.8. The molecule has 4 rings (SSSR count). The summed E-state index contributed by atoms with van der Waals surface area (Å²) in [6, 6.07) is 20.5. The lowest BCUT2D eigenvalue weighted by Crippen LogP contribution is -2.26. The van der Waals surface area contributed by atoms with Crippen LogP contribution in [-0.4, -0.2) is 32.9 Å². The summed E-state index contributed by atoms with van der Waals surface area (Å²) in [7, 11) is -7.79. The van der Waals surface area contributed by atoms with Gasteiger partial charge in [0.25, 0.3) is 0 Å². The second kappa shape index (κ2) is 11.1. The Hall–Kier alpha value is -3.47. The van der Waals surface area contributed by atoms with Crippen LogP contribution in [0.2, 0.25) is 0 Å². The van der Waals surface area contributed by atoms with E-state index in [1.54, 1.807) is 37.8 Å². The van der Waals surface area contributed by atoms with Crippen molar-refractivity contribution in [1.82, 2.24) is 14.3 Å². The number of nitrogens with one attached hydrogen (secondary N) is 2. The Bertz CT molecular complexity index is 1500. The van der Waals surface area contributed by atoms with Crippen LogP contribution in [0.15, 0.2) is 106 Å². The molecule has 0 atom stereocenters. The minimum atomic E-state index is -3.91. The quantitative estimate of drug-likeness (QED) is 0.287. The summed E-state index contributed by atoms with van der Waals surface area (Å²) >= 11 is 0. The van der Waals surface area contributed by atoms with E-state index in [4.69, 9.17) is 0 Å². The molecule has 0 unspecified atom stereocenters. The summed E-state index contributed by atoms with van der Waals surface area (Å²) in [4.78, 5) is 3.93. The maximum atomic E-state index is 13.3. The van der Waals surface area contributed by atoms with Crippen molar-refractivity contribution in [2.24, 2.45) is 0 Å². The van der Waals surface area contributed by atoms with Crippen molar-refractivity contribution in [3.63, 3.8) is 0 Å². The van der Waals surface area contributed by atoms with E-state index in [0.717, 1.165) is 11.3 Å². The van der Waals surface area contributed by atoms with E-state index < -0.39 is 19.9 Å². The molecule has 36 heavy (non-hydrogen) atoms. The largest absolute Gasteiger partial charge is 0.381 e. The zero-order valence-corrected chi connectivity index (χ0v) is 21.5. The van der Waals surface area contributed by atoms with Crippen LogP contribution in [0.25, 0.3) is 0 Å². The predicted octanol–water partition coefficient (Wildman–Crippen LogP) is 4.01. The van der Waals surface area contributed by atoms with Gasteiger partial charge in [0.15, 0.2) is 0 Å². The number of sulfonamides is 1. The van der Waals surface area contributed by atoms with E-state index in [1.807, 2.05) is 34.9 Å². The van der Waals surface area contributed by atoms with Crippen LogP contribution >= 0.6 is 0 Å². The highest BCUT2D eigenvalue weighted by molar-refractivity contribution is 7.91. The van der Waals surface area contributed by atoms with Crippen molar-refractivity contribution in [3.8, 4) is 0 Å². The van der Waals surface area contributed by atoms with Gasteiger partial charge in [-0.3, -0.25) is 0 Å². The Morgan fingerprint density at radius 1 is 0.889 bits per heavy atom. The lowest BCUT2D eigenvalue weighted by molar-refractivity contribution is 0.569. The molecule has 188 valence electrons. The van der Waals surface area contributed by atoms with Crippen LogP contribution in [0.5, 0.6) is 0 Å². The number of nitrogens with zero attached hydrogens (tertiary/aromatic N) is 2. The number of benzene rings is 3. The van der Waals surface area contributed by atoms with E-state index >= 15 is 0 Å². The topological polar surface area (TPSA) is 110 Å². The molecule has 1 aromatic heterocycles. The van der Waals surface area contributed by atoms with Crippen LogP contribution in [0.1, 0.15) is 17.5 Å². The van der Waals surface area contributed by atoms with E-state index in [9.17, 15) is 16.8 Å². The molecular formula is C26H28N4O4S2. The molecule has 0 spiro atoms. The van der Waals surface area contributed by atoms with Crippen molar-refractivity contribution < 1.29 is 16.8 Å². The third kappa shape index (κ3) is 6.20. The molecule has 0 amide bonds. The van der Waals surface area contributed by atoms with E-state index in [0.29, 0.717) is 25.1 Å². The highest BCUT2D eigenvalue weighted by atomic mass is 32.2. The van der Waals surface area contributed by atoms with Gasteiger partial charge in [0, 0.05) is 37.7 Å². The SMILES string of the molecule is Cc1ccc(S(=O)(=O)c2ccc(NCc3ccccc3)cc2)cc1S(=O)(=O)NCCCn1ccnc1. The molecule has 4 aromatic rings. The molecule has 1 heterocycles. The van der Waals surface area contributed by atoms with Crippen molar-refractivity contribution >= 4 is 25.5 Å². The molecular weight excluding hydrogens is 496 g/mol. The van der Waals surface area contributed by atoms with E-state index in [-0.39, 0.29) is 21.2 Å². The van der Waals surface area contributed by atoms with Crippen molar-refractivity contribution in [2.45, 2.75) is 41.1 Å². The Kier molecular flexibility index (Phi) is 7.88. The van der Waals surface area contributed by atoms with Crippen molar-refractivity contribution in [1.29, 1.82) is 0 Å². The first kappa shape index (κ1) is 25.6. The Labute approximate surface area is 212 Å². The number of aryl methyl sites for hydroxylation is 2. The summed E-state index contributed by atoms with van der Waals surface area (Å²) in [6.45, 7) is 3.09. The summed E-state index contributed by atoms with van der Waals surface area (Å²) in [6.07, 6.45) is 5.70. The van der Waals surface area contributed by atoms with Crippen LogP contribution in [0.3, 0.4) is 0 Å². The van der Waals surface area contributed by atoms with Gasteiger partial charge in [-0.15, -0.1) is 0 Å². The normalized spacial score (nSPS) is 11.9. The molecule has 8 nitrogen and oxygen atoms in total. The fourth-order valence-electron chi connectivity index (χ4n) is 3.69. The fraction of sp³-hybridized carbons (Fsp3) is 0.192. The summed E-state index contributed by atoms with van der Waals surface area (Å²) in [5.41, 5.74) is 2.36. The monoisotopic (exact) mass is 524 g/mol. The second-order valence-electron chi connectivity index (χ2n) is 8.35. The third-order valence-electron chi connectivity index (χ3n) is 5.71. The second-order valence-corrected chi connectivity index (χ2v) is 12.0. The minimum Gasteiger partial charge on any atom is -0.381 e. The van der Waals surface area contributed by atoms with E-state index in [2.05, 4.69) is 15.0 Å². The van der Waals surface area contributed by atoms with E-state index in [1.165, 1.54) is 30.3 Å². The van der Waals surface area contributed by atoms with Crippen LogP contribution in [0, 0.1) is 6.92 Å². The third-order valence-corrected chi connectivity index (χ3v) is 9.08. The lowest BCUT2D eigenvalue weighted by atomic mass is 10.2. The molecule has 0 fully saturated rings. The molecule has 0 bridgehead atoms. The van der Waals surface area contributed by atoms with Gasteiger partial charge in [-0.05, 0) is 60.9 Å². The van der Waals surface area contributed by atoms with Gasteiger partial charge in [0.05, 0.1) is 21.0 Å². The molecule has 2 N–H and O–H groups in total. The molecule has 3 aromatic carbocycles. The molecule has 0 aliphatic heterocycles. The van der Waals surface area contributed by atoms with Gasteiger partial charge in [-0.1, -0.05) is 36.4 Å². The average molecular weight is 525 g/mol. The zero-order valence-electron chi connectivity index (χ0n) is 19.8. The van der Waals surface area contributed by atoms with Gasteiger partial charge in [-0.25, -0.2) is 26.5 Å². The van der Waals surface area contributed by atoms with Crippen LogP contribution < -0.4 is 10.0 Å². The van der Waals surface area contributed by atoms with Crippen molar-refractivity contribution in [3.05, 3.63) is 103 Å². The van der Waals surface area contributed by atoms with Crippen LogP contribution in [-0.2, 0) is 33.0 Å². The summed E-state index contributed by atoms with van der Waals surface area (Å²) in [5, 5.41) is 3.26. The maximum Gasteiger partial charge on any atom is 0.240 e. The minimum absolute atomic E-state index is 0.0487. The van der Waals surface area contributed by atoms with Crippen molar-refractivity contribution in [2.75, 3.05) is 11.9 Å². The number of rotatable bonds is 11. The highest BCUT2D eigenvalue weighted by Gasteiger charge is 2.23. The predicted molar refractivity (Wildman–Crippen MR) is 139 cm³/mol. The number of anilines is 1. The van der Waals surface area contributed by atoms with Gasteiger partial charge in [-0.2, -0.15) is 0 Å². The Morgan fingerprint density at radius 2 is 1.61 bits per heavy atom.